The van der Waals surface area contributed by atoms with Crippen molar-refractivity contribution in [2.45, 2.75) is 6.42 Å². The molecule has 2 rings (SSSR count). The van der Waals surface area contributed by atoms with Crippen molar-refractivity contribution < 1.29 is 0 Å². The van der Waals surface area contributed by atoms with Crippen LogP contribution in [0.15, 0.2) is 28.8 Å². The van der Waals surface area contributed by atoms with Crippen LogP contribution >= 0.6 is 23.2 Å². The van der Waals surface area contributed by atoms with Gasteiger partial charge in [0, 0.05) is 20.0 Å². The van der Waals surface area contributed by atoms with Gasteiger partial charge in [-0.25, -0.2) is 4.98 Å². The Morgan fingerprint density at radius 1 is 1.38 bits per heavy atom. The number of aryl methyl sites for hydroxylation is 1. The van der Waals surface area contributed by atoms with Gasteiger partial charge >= 0.3 is 0 Å². The lowest BCUT2D eigenvalue weighted by Crippen LogP contribution is -2.37. The summed E-state index contributed by atoms with van der Waals surface area (Å²) >= 11 is 11.8. The molecule has 0 bridgehead atoms. The molecule has 0 unspecified atom stereocenters. The molecular formula is C9H11Cl2N5. The Balaban J connectivity index is 1.92. The Labute approximate surface area is 103 Å². The highest BCUT2D eigenvalue weighted by Crippen LogP contribution is 2.15. The van der Waals surface area contributed by atoms with E-state index in [9.17, 15) is 0 Å². The number of nitrogens with zero attached hydrogens (tertiary/aromatic N) is 4. The molecule has 0 aromatic carbocycles. The number of hydrogen-bond acceptors (Lipinski definition) is 4. The minimum absolute atomic E-state index is 0.540. The van der Waals surface area contributed by atoms with Crippen molar-refractivity contribution in [3.8, 4) is 0 Å². The van der Waals surface area contributed by atoms with Crippen LogP contribution in [0.25, 0.3) is 0 Å². The topological polar surface area (TPSA) is 46.0 Å². The van der Waals surface area contributed by atoms with Gasteiger partial charge in [0.25, 0.3) is 0 Å². The lowest BCUT2D eigenvalue weighted by molar-refractivity contribution is 0.298. The highest BCUT2D eigenvalue weighted by Gasteiger charge is 2.12. The zero-order chi connectivity index (χ0) is 11.5. The van der Waals surface area contributed by atoms with Gasteiger partial charge in [0.05, 0.1) is 0 Å². The van der Waals surface area contributed by atoms with E-state index >= 15 is 0 Å². The van der Waals surface area contributed by atoms with E-state index in [1.165, 1.54) is 0 Å². The predicted molar refractivity (Wildman–Crippen MR) is 62.4 cm³/mol. The molecule has 16 heavy (non-hydrogen) atoms. The van der Waals surface area contributed by atoms with Gasteiger partial charge in [-0.05, 0) is 12.2 Å². The van der Waals surface area contributed by atoms with Crippen LogP contribution in [0.3, 0.4) is 0 Å². The van der Waals surface area contributed by atoms with Gasteiger partial charge in [-0.2, -0.15) is 5.10 Å². The molecule has 0 aliphatic carbocycles. The molecule has 0 saturated heterocycles. The van der Waals surface area contributed by atoms with E-state index in [1.807, 2.05) is 7.05 Å². The molecule has 7 heteroatoms. The highest BCUT2D eigenvalue weighted by atomic mass is 35.5. The number of allylic oxidation sites excluding steroid dienone is 2. The highest BCUT2D eigenvalue weighted by molar-refractivity contribution is 6.31. The molecule has 0 saturated carbocycles. The van der Waals surface area contributed by atoms with Crippen LogP contribution in [-0.2, 0) is 13.5 Å². The quantitative estimate of drug-likeness (QED) is 0.833. The average molecular weight is 260 g/mol. The van der Waals surface area contributed by atoms with Gasteiger partial charge in [0.1, 0.15) is 16.6 Å². The van der Waals surface area contributed by atoms with Crippen LogP contribution in [0.5, 0.6) is 0 Å². The molecule has 0 atom stereocenters. The van der Waals surface area contributed by atoms with Crippen molar-refractivity contribution in [2.24, 2.45) is 7.05 Å². The zero-order valence-electron chi connectivity index (χ0n) is 8.69. The molecule has 1 aliphatic heterocycles. The molecule has 1 N–H and O–H groups in total. The summed E-state index contributed by atoms with van der Waals surface area (Å²) in [5.74, 6) is 0.777. The maximum Gasteiger partial charge on any atom is 0.152 e. The summed E-state index contributed by atoms with van der Waals surface area (Å²) < 4.78 is 1.67. The third kappa shape index (κ3) is 2.68. The maximum absolute atomic E-state index is 5.99. The van der Waals surface area contributed by atoms with Gasteiger partial charge in [-0.3, -0.25) is 15.1 Å². The van der Waals surface area contributed by atoms with Crippen molar-refractivity contribution in [1.29, 1.82) is 0 Å². The Hall–Kier alpha value is -1.20. The van der Waals surface area contributed by atoms with Crippen LogP contribution in [0.1, 0.15) is 5.82 Å². The van der Waals surface area contributed by atoms with E-state index in [-0.39, 0.29) is 0 Å². The molecule has 1 aromatic heterocycles. The number of rotatable bonds is 3. The van der Waals surface area contributed by atoms with Crippen LogP contribution in [0.2, 0.25) is 0 Å². The van der Waals surface area contributed by atoms with Crippen LogP contribution in [0, 0.1) is 0 Å². The summed E-state index contributed by atoms with van der Waals surface area (Å²) in [5.41, 5.74) is 2.94. The normalized spacial score (nSPS) is 15.6. The third-order valence-corrected chi connectivity index (χ3v) is 2.61. The Morgan fingerprint density at radius 3 is 2.88 bits per heavy atom. The van der Waals surface area contributed by atoms with Gasteiger partial charge in [0.15, 0.2) is 5.82 Å². The van der Waals surface area contributed by atoms with Crippen LogP contribution in [0.4, 0.5) is 0 Å². The summed E-state index contributed by atoms with van der Waals surface area (Å²) in [6.07, 6.45) is 5.82. The smallest absolute Gasteiger partial charge is 0.152 e. The molecule has 5 nitrogen and oxygen atoms in total. The molecular weight excluding hydrogens is 249 g/mol. The fourth-order valence-electron chi connectivity index (χ4n) is 1.32. The molecule has 0 spiro atoms. The Bertz CT molecular complexity index is 437. The number of hydrazine groups is 1. The fourth-order valence-corrected chi connectivity index (χ4v) is 1.68. The molecule has 1 aromatic rings. The number of nitrogens with one attached hydrogen (secondary N) is 1. The minimum Gasteiger partial charge on any atom is -0.287 e. The predicted octanol–water partition coefficient (Wildman–Crippen LogP) is 1.34. The number of hydrogen-bond donors (Lipinski definition) is 1. The molecule has 0 amide bonds. The van der Waals surface area contributed by atoms with Crippen molar-refractivity contribution in [1.82, 2.24) is 25.2 Å². The lowest BCUT2D eigenvalue weighted by Gasteiger charge is -2.26. The Morgan fingerprint density at radius 2 is 2.19 bits per heavy atom. The molecule has 1 aliphatic rings. The summed E-state index contributed by atoms with van der Waals surface area (Å²) in [6.45, 7) is 0.656. The first-order valence-electron chi connectivity index (χ1n) is 4.77. The summed E-state index contributed by atoms with van der Waals surface area (Å²) in [5, 5.41) is 7.07. The number of aromatic nitrogens is 3. The molecule has 0 radical (unpaired) electrons. The standard InChI is InChI=1S/C9H11Cl2N5/c1-15-6-12-9(14-15)4-5-16-8(11)3-2-7(10)13-16/h2-3,6,13H,4-5H2,1H3. The third-order valence-electron chi connectivity index (χ3n) is 2.07. The molecule has 0 fully saturated rings. The van der Waals surface area contributed by atoms with E-state index in [2.05, 4.69) is 15.5 Å². The Kier molecular flexibility index (Phi) is 3.36. The van der Waals surface area contributed by atoms with Crippen molar-refractivity contribution in [2.75, 3.05) is 6.54 Å². The van der Waals surface area contributed by atoms with Gasteiger partial charge in [0.2, 0.25) is 0 Å². The van der Waals surface area contributed by atoms with Crippen molar-refractivity contribution in [3.63, 3.8) is 0 Å². The van der Waals surface area contributed by atoms with Crippen LogP contribution in [-0.4, -0.2) is 26.3 Å². The SMILES string of the molecule is Cn1cnc(CCN2NC(Cl)=CC=C2Cl)n1. The first-order chi connectivity index (χ1) is 7.65. The fraction of sp³-hybridized carbons (Fsp3) is 0.333. The van der Waals surface area contributed by atoms with E-state index in [0.29, 0.717) is 23.3 Å². The second kappa shape index (κ2) is 4.76. The summed E-state index contributed by atoms with van der Waals surface area (Å²) in [4.78, 5) is 4.13. The van der Waals surface area contributed by atoms with E-state index in [0.717, 1.165) is 5.82 Å². The van der Waals surface area contributed by atoms with Crippen molar-refractivity contribution >= 4 is 23.2 Å². The van der Waals surface area contributed by atoms with E-state index in [4.69, 9.17) is 23.2 Å². The van der Waals surface area contributed by atoms with Crippen molar-refractivity contribution in [3.05, 3.63) is 34.6 Å². The second-order valence-electron chi connectivity index (χ2n) is 3.35. The zero-order valence-corrected chi connectivity index (χ0v) is 10.2. The van der Waals surface area contributed by atoms with Gasteiger partial charge in [-0.15, -0.1) is 0 Å². The van der Waals surface area contributed by atoms with E-state index in [1.54, 1.807) is 28.2 Å². The monoisotopic (exact) mass is 259 g/mol. The summed E-state index contributed by atoms with van der Waals surface area (Å²) in [7, 11) is 1.84. The second-order valence-corrected chi connectivity index (χ2v) is 4.15. The lowest BCUT2D eigenvalue weighted by atomic mass is 10.4. The minimum atomic E-state index is 0.540. The average Bonchev–Trinajstić information content (AvgIpc) is 2.66. The van der Waals surface area contributed by atoms with Gasteiger partial charge < -0.3 is 0 Å². The molecule has 86 valence electrons. The largest absolute Gasteiger partial charge is 0.287 e. The van der Waals surface area contributed by atoms with E-state index < -0.39 is 0 Å². The summed E-state index contributed by atoms with van der Waals surface area (Å²) in [6, 6.07) is 0. The van der Waals surface area contributed by atoms with Crippen LogP contribution < -0.4 is 5.43 Å². The first-order valence-corrected chi connectivity index (χ1v) is 5.52. The first kappa shape index (κ1) is 11.3. The van der Waals surface area contributed by atoms with Gasteiger partial charge in [-0.1, -0.05) is 23.2 Å². The maximum atomic E-state index is 5.99. The molecule has 2 heterocycles. The number of halogens is 2.